The largest absolute Gasteiger partial charge is 0.368 e. The molecule has 0 amide bonds. The molecular weight excluding hydrogens is 206 g/mol. The van der Waals surface area contributed by atoms with Crippen LogP contribution in [0, 0.1) is 0 Å². The van der Waals surface area contributed by atoms with Crippen LogP contribution >= 0.6 is 11.3 Å². The van der Waals surface area contributed by atoms with E-state index in [0.717, 1.165) is 17.7 Å². The summed E-state index contributed by atoms with van der Waals surface area (Å²) < 4.78 is 0. The predicted molar refractivity (Wildman–Crippen MR) is 65.0 cm³/mol. The monoisotopic (exact) mass is 223 g/mol. The smallest absolute Gasteiger partial charge is 0.160 e. The van der Waals surface area contributed by atoms with Crippen molar-refractivity contribution in [2.45, 2.75) is 38.6 Å². The number of thiophene rings is 1. The Morgan fingerprint density at radius 2 is 2.27 bits per heavy atom. The van der Waals surface area contributed by atoms with Crippen molar-refractivity contribution in [2.75, 3.05) is 11.4 Å². The molecule has 0 saturated heterocycles. The summed E-state index contributed by atoms with van der Waals surface area (Å²) in [6, 6.07) is 2.71. The van der Waals surface area contributed by atoms with Gasteiger partial charge in [-0.1, -0.05) is 12.8 Å². The van der Waals surface area contributed by atoms with Gasteiger partial charge in [-0.15, -0.1) is 11.3 Å². The van der Waals surface area contributed by atoms with Crippen molar-refractivity contribution in [1.29, 1.82) is 0 Å². The second kappa shape index (κ2) is 4.79. The number of aldehydes is 1. The summed E-state index contributed by atoms with van der Waals surface area (Å²) in [5.41, 5.74) is 1.23. The van der Waals surface area contributed by atoms with Gasteiger partial charge in [0.05, 0.1) is 4.88 Å². The number of hydrogen-bond donors (Lipinski definition) is 0. The highest BCUT2D eigenvalue weighted by Gasteiger charge is 2.22. The highest BCUT2D eigenvalue weighted by molar-refractivity contribution is 7.12. The van der Waals surface area contributed by atoms with Gasteiger partial charge in [0.15, 0.2) is 6.29 Å². The van der Waals surface area contributed by atoms with E-state index in [-0.39, 0.29) is 0 Å². The Labute approximate surface area is 94.9 Å². The molecule has 0 spiro atoms. The number of carbonyl (C=O) groups is 1. The van der Waals surface area contributed by atoms with E-state index >= 15 is 0 Å². The van der Waals surface area contributed by atoms with Gasteiger partial charge in [0.2, 0.25) is 0 Å². The molecule has 1 heterocycles. The molecule has 0 bridgehead atoms. The van der Waals surface area contributed by atoms with E-state index in [1.165, 1.54) is 31.4 Å². The summed E-state index contributed by atoms with van der Waals surface area (Å²) in [5.74, 6) is 0. The van der Waals surface area contributed by atoms with Crippen LogP contribution in [0.4, 0.5) is 5.69 Å². The molecule has 2 nitrogen and oxygen atoms in total. The summed E-state index contributed by atoms with van der Waals surface area (Å²) >= 11 is 1.54. The van der Waals surface area contributed by atoms with E-state index in [0.29, 0.717) is 6.04 Å². The maximum atomic E-state index is 10.6. The molecule has 0 atom stereocenters. The van der Waals surface area contributed by atoms with Gasteiger partial charge in [-0.2, -0.15) is 0 Å². The lowest BCUT2D eigenvalue weighted by atomic mass is 10.2. The van der Waals surface area contributed by atoms with Crippen molar-refractivity contribution in [3.8, 4) is 0 Å². The van der Waals surface area contributed by atoms with Gasteiger partial charge in [0, 0.05) is 23.7 Å². The quantitative estimate of drug-likeness (QED) is 0.730. The molecule has 1 fully saturated rings. The van der Waals surface area contributed by atoms with E-state index in [4.69, 9.17) is 0 Å². The van der Waals surface area contributed by atoms with Gasteiger partial charge in [-0.25, -0.2) is 0 Å². The first kappa shape index (κ1) is 10.7. The second-order valence-electron chi connectivity index (χ2n) is 4.05. The Morgan fingerprint density at radius 1 is 1.53 bits per heavy atom. The van der Waals surface area contributed by atoms with E-state index < -0.39 is 0 Å². The molecule has 2 rings (SSSR count). The third-order valence-corrected chi connectivity index (χ3v) is 4.01. The topological polar surface area (TPSA) is 20.3 Å². The maximum Gasteiger partial charge on any atom is 0.160 e. The summed E-state index contributed by atoms with van der Waals surface area (Å²) in [7, 11) is 0. The number of rotatable bonds is 4. The first-order valence-corrected chi connectivity index (χ1v) is 6.53. The normalized spacial score (nSPS) is 16.9. The fourth-order valence-corrected chi connectivity index (χ4v) is 3.13. The predicted octanol–water partition coefficient (Wildman–Crippen LogP) is 3.33. The maximum absolute atomic E-state index is 10.6. The van der Waals surface area contributed by atoms with Crippen LogP contribution in [0.1, 0.15) is 42.3 Å². The van der Waals surface area contributed by atoms with Crippen molar-refractivity contribution in [2.24, 2.45) is 0 Å². The van der Waals surface area contributed by atoms with Crippen LogP contribution in [0.3, 0.4) is 0 Å². The Kier molecular flexibility index (Phi) is 3.41. The fraction of sp³-hybridized carbons (Fsp3) is 0.583. The molecule has 1 aromatic rings. The number of carbonyl (C=O) groups excluding carboxylic acids is 1. The van der Waals surface area contributed by atoms with Gasteiger partial charge in [0.25, 0.3) is 0 Å². The average molecular weight is 223 g/mol. The highest BCUT2D eigenvalue weighted by atomic mass is 32.1. The molecule has 0 radical (unpaired) electrons. The molecule has 0 aromatic carbocycles. The molecule has 0 N–H and O–H groups in total. The molecule has 1 aliphatic carbocycles. The lowest BCUT2D eigenvalue weighted by molar-refractivity contribution is 0.112. The third-order valence-electron chi connectivity index (χ3n) is 3.16. The van der Waals surface area contributed by atoms with Gasteiger partial charge in [-0.3, -0.25) is 4.79 Å². The molecule has 1 saturated carbocycles. The van der Waals surface area contributed by atoms with Crippen LogP contribution in [-0.4, -0.2) is 18.9 Å². The number of anilines is 1. The van der Waals surface area contributed by atoms with Crippen LogP contribution in [0.25, 0.3) is 0 Å². The average Bonchev–Trinajstić information content (AvgIpc) is 2.89. The van der Waals surface area contributed by atoms with E-state index in [2.05, 4.69) is 17.2 Å². The fourth-order valence-electron chi connectivity index (χ4n) is 2.42. The van der Waals surface area contributed by atoms with Crippen LogP contribution in [0.5, 0.6) is 0 Å². The minimum absolute atomic E-state index is 0.698. The van der Waals surface area contributed by atoms with Crippen molar-refractivity contribution in [3.63, 3.8) is 0 Å². The summed E-state index contributed by atoms with van der Waals surface area (Å²) in [6.45, 7) is 3.23. The molecule has 3 heteroatoms. The standard InChI is InChI=1S/C12H17NOS/c1-2-13(10-5-3-4-6-10)11-7-12(8-14)15-9-11/h7-10H,2-6H2,1H3. The first-order chi connectivity index (χ1) is 7.35. The van der Waals surface area contributed by atoms with Crippen LogP contribution in [0.2, 0.25) is 0 Å². The zero-order valence-electron chi connectivity index (χ0n) is 9.11. The summed E-state index contributed by atoms with van der Waals surface area (Å²) in [4.78, 5) is 13.9. The van der Waals surface area contributed by atoms with Gasteiger partial charge in [-0.05, 0) is 25.8 Å². The molecule has 1 aromatic heterocycles. The second-order valence-corrected chi connectivity index (χ2v) is 4.99. The Bertz CT molecular complexity index is 328. The van der Waals surface area contributed by atoms with E-state index in [9.17, 15) is 4.79 Å². The Morgan fingerprint density at radius 3 is 2.80 bits per heavy atom. The Hall–Kier alpha value is -0.830. The van der Waals surface area contributed by atoms with Gasteiger partial charge >= 0.3 is 0 Å². The minimum atomic E-state index is 0.698. The Balaban J connectivity index is 2.14. The molecular formula is C12H17NOS. The third kappa shape index (κ3) is 2.23. The summed E-state index contributed by atoms with van der Waals surface area (Å²) in [5, 5.41) is 2.10. The minimum Gasteiger partial charge on any atom is -0.368 e. The molecule has 1 aliphatic rings. The van der Waals surface area contributed by atoms with Crippen molar-refractivity contribution >= 4 is 23.3 Å². The van der Waals surface area contributed by atoms with Crippen molar-refractivity contribution in [3.05, 3.63) is 16.3 Å². The van der Waals surface area contributed by atoms with E-state index in [1.54, 1.807) is 11.3 Å². The molecule has 0 aliphatic heterocycles. The lowest BCUT2D eigenvalue weighted by Gasteiger charge is -2.28. The van der Waals surface area contributed by atoms with E-state index in [1.807, 2.05) is 6.07 Å². The molecule has 82 valence electrons. The van der Waals surface area contributed by atoms with Crippen LogP contribution in [0.15, 0.2) is 11.4 Å². The van der Waals surface area contributed by atoms with Crippen LogP contribution in [-0.2, 0) is 0 Å². The number of nitrogens with zero attached hydrogens (tertiary/aromatic N) is 1. The van der Waals surface area contributed by atoms with Crippen LogP contribution < -0.4 is 4.90 Å². The molecule has 15 heavy (non-hydrogen) atoms. The van der Waals surface area contributed by atoms with Gasteiger partial charge in [0.1, 0.15) is 0 Å². The SMILES string of the molecule is CCN(c1csc(C=O)c1)C1CCCC1. The zero-order valence-corrected chi connectivity index (χ0v) is 9.93. The number of hydrogen-bond acceptors (Lipinski definition) is 3. The van der Waals surface area contributed by atoms with Crippen molar-refractivity contribution < 1.29 is 4.79 Å². The van der Waals surface area contributed by atoms with Gasteiger partial charge < -0.3 is 4.90 Å². The first-order valence-electron chi connectivity index (χ1n) is 5.65. The molecule has 0 unspecified atom stereocenters. The summed E-state index contributed by atoms with van der Waals surface area (Å²) in [6.07, 6.45) is 6.26. The van der Waals surface area contributed by atoms with Crippen molar-refractivity contribution in [1.82, 2.24) is 0 Å². The highest BCUT2D eigenvalue weighted by Crippen LogP contribution is 2.30. The zero-order chi connectivity index (χ0) is 10.7. The lowest BCUT2D eigenvalue weighted by Crippen LogP contribution is -2.32.